The fourth-order valence-corrected chi connectivity index (χ4v) is 3.66. The van der Waals surface area contributed by atoms with Gasteiger partial charge in [0.05, 0.1) is 5.75 Å². The van der Waals surface area contributed by atoms with Crippen LogP contribution < -0.4 is 16.0 Å². The van der Waals surface area contributed by atoms with E-state index in [1.807, 2.05) is 30.3 Å². The molecule has 0 bridgehead atoms. The number of anilines is 2. The van der Waals surface area contributed by atoms with Crippen molar-refractivity contribution in [3.05, 3.63) is 66.0 Å². The van der Waals surface area contributed by atoms with Gasteiger partial charge in [0, 0.05) is 12.2 Å². The Kier molecular flexibility index (Phi) is 6.93. The van der Waals surface area contributed by atoms with Crippen LogP contribution in [0.5, 0.6) is 0 Å². The Morgan fingerprint density at radius 3 is 2.50 bits per heavy atom. The van der Waals surface area contributed by atoms with Crippen LogP contribution in [-0.2, 0) is 11.3 Å². The minimum atomic E-state index is -0.514. The summed E-state index contributed by atoms with van der Waals surface area (Å²) in [5.41, 5.74) is 1.48. The van der Waals surface area contributed by atoms with Crippen molar-refractivity contribution in [3.8, 4) is 0 Å². The highest BCUT2D eigenvalue weighted by atomic mass is 32.2. The van der Waals surface area contributed by atoms with Crippen molar-refractivity contribution in [1.29, 1.82) is 0 Å². The second-order valence-corrected chi connectivity index (χ2v) is 7.71. The lowest BCUT2D eigenvalue weighted by molar-refractivity contribution is -0.118. The molecule has 10 heteroatoms. The topological polar surface area (TPSA) is 96.0 Å². The molecule has 3 N–H and O–H groups in total. The predicted molar refractivity (Wildman–Crippen MR) is 108 cm³/mol. The number of nitrogens with zero attached hydrogens (tertiary/aromatic N) is 2. The normalized spacial score (nSPS) is 10.3. The first kappa shape index (κ1) is 19.8. The number of aromatic nitrogens is 2. The number of benzene rings is 2. The highest BCUT2D eigenvalue weighted by molar-refractivity contribution is 8.01. The Bertz CT molecular complexity index is 935. The number of halogens is 1. The van der Waals surface area contributed by atoms with Crippen molar-refractivity contribution in [2.75, 3.05) is 16.4 Å². The molecule has 0 unspecified atom stereocenters. The van der Waals surface area contributed by atoms with Crippen molar-refractivity contribution in [2.45, 2.75) is 10.9 Å². The molecular formula is C18H16FN5O2S2. The smallest absolute Gasteiger partial charge is 0.325 e. The number of carbonyl (C=O) groups is 2. The van der Waals surface area contributed by atoms with Crippen molar-refractivity contribution in [1.82, 2.24) is 15.5 Å². The van der Waals surface area contributed by atoms with E-state index in [1.54, 1.807) is 0 Å². The van der Waals surface area contributed by atoms with E-state index in [4.69, 9.17) is 0 Å². The number of rotatable bonds is 7. The lowest BCUT2D eigenvalue weighted by atomic mass is 10.2. The Morgan fingerprint density at radius 2 is 1.75 bits per heavy atom. The Labute approximate surface area is 168 Å². The zero-order valence-corrected chi connectivity index (χ0v) is 16.1. The van der Waals surface area contributed by atoms with Crippen molar-refractivity contribution in [2.24, 2.45) is 0 Å². The molecule has 0 saturated heterocycles. The lowest BCUT2D eigenvalue weighted by Gasteiger charge is -2.04. The molecule has 0 spiro atoms. The van der Waals surface area contributed by atoms with E-state index >= 15 is 0 Å². The third-order valence-electron chi connectivity index (χ3n) is 3.39. The average molecular weight is 417 g/mol. The summed E-state index contributed by atoms with van der Waals surface area (Å²) < 4.78 is 13.4. The summed E-state index contributed by atoms with van der Waals surface area (Å²) in [4.78, 5) is 23.8. The minimum Gasteiger partial charge on any atom is -0.351 e. The van der Waals surface area contributed by atoms with Crippen molar-refractivity contribution in [3.63, 3.8) is 0 Å². The maximum absolute atomic E-state index is 12.9. The SMILES string of the molecule is O=C(CSc1nnc(NC(=O)Nc2ccc(F)cc2)s1)NCc1ccccc1. The molecule has 3 aromatic rings. The molecule has 7 nitrogen and oxygen atoms in total. The van der Waals surface area contributed by atoms with Crippen LogP contribution in [0.1, 0.15) is 5.56 Å². The van der Waals surface area contributed by atoms with Crippen LogP contribution in [0.15, 0.2) is 58.9 Å². The predicted octanol–water partition coefficient (Wildman–Crippen LogP) is 3.73. The Hall–Kier alpha value is -2.98. The van der Waals surface area contributed by atoms with E-state index in [2.05, 4.69) is 26.1 Å². The third-order valence-corrected chi connectivity index (χ3v) is 5.36. The maximum atomic E-state index is 12.9. The van der Waals surface area contributed by atoms with Gasteiger partial charge >= 0.3 is 6.03 Å². The molecule has 3 rings (SSSR count). The van der Waals surface area contributed by atoms with Gasteiger partial charge < -0.3 is 10.6 Å². The van der Waals surface area contributed by atoms with Crippen LogP contribution in [0.2, 0.25) is 0 Å². The molecular weight excluding hydrogens is 401 g/mol. The van der Waals surface area contributed by atoms with Crippen molar-refractivity contribution < 1.29 is 14.0 Å². The van der Waals surface area contributed by atoms with Crippen molar-refractivity contribution >= 4 is 45.9 Å². The van der Waals surface area contributed by atoms with E-state index < -0.39 is 6.03 Å². The molecule has 2 aromatic carbocycles. The summed E-state index contributed by atoms with van der Waals surface area (Å²) in [6.07, 6.45) is 0. The summed E-state index contributed by atoms with van der Waals surface area (Å²) in [6, 6.07) is 14.5. The first-order valence-corrected chi connectivity index (χ1v) is 9.99. The van der Waals surface area contributed by atoms with Crippen LogP contribution in [0.25, 0.3) is 0 Å². The number of carbonyl (C=O) groups excluding carboxylic acids is 2. The zero-order valence-electron chi connectivity index (χ0n) is 14.5. The van der Waals surface area contributed by atoms with Crippen LogP contribution in [0, 0.1) is 5.82 Å². The van der Waals surface area contributed by atoms with Crippen LogP contribution >= 0.6 is 23.1 Å². The van der Waals surface area contributed by atoms with Gasteiger partial charge in [-0.1, -0.05) is 53.4 Å². The van der Waals surface area contributed by atoms with Gasteiger partial charge in [0.15, 0.2) is 4.34 Å². The second-order valence-electron chi connectivity index (χ2n) is 5.51. The molecule has 1 heterocycles. The van der Waals surface area contributed by atoms with Gasteiger partial charge in [-0.05, 0) is 29.8 Å². The first-order valence-electron chi connectivity index (χ1n) is 8.19. The molecule has 0 fully saturated rings. The summed E-state index contributed by atoms with van der Waals surface area (Å²) in [5.74, 6) is -0.305. The fraction of sp³-hybridized carbons (Fsp3) is 0.111. The van der Waals surface area contributed by atoms with Gasteiger partial charge in [-0.25, -0.2) is 9.18 Å². The van der Waals surface area contributed by atoms with E-state index in [0.717, 1.165) is 16.9 Å². The summed E-state index contributed by atoms with van der Waals surface area (Å²) in [5, 5.41) is 16.0. The monoisotopic (exact) mass is 417 g/mol. The second kappa shape index (κ2) is 9.81. The minimum absolute atomic E-state index is 0.118. The number of thioether (sulfide) groups is 1. The maximum Gasteiger partial charge on any atom is 0.325 e. The summed E-state index contributed by atoms with van der Waals surface area (Å²) in [7, 11) is 0. The molecule has 0 aliphatic carbocycles. The molecule has 1 aromatic heterocycles. The lowest BCUT2D eigenvalue weighted by Crippen LogP contribution is -2.24. The molecule has 0 radical (unpaired) electrons. The number of hydrogen-bond acceptors (Lipinski definition) is 6. The van der Waals surface area contributed by atoms with Gasteiger partial charge in [-0.2, -0.15) is 0 Å². The quantitative estimate of drug-likeness (QED) is 0.402. The van der Waals surface area contributed by atoms with Gasteiger partial charge in [0.2, 0.25) is 11.0 Å². The van der Waals surface area contributed by atoms with E-state index in [-0.39, 0.29) is 17.5 Å². The molecule has 3 amide bonds. The van der Waals surface area contributed by atoms with Crippen LogP contribution in [-0.4, -0.2) is 27.9 Å². The summed E-state index contributed by atoms with van der Waals surface area (Å²) in [6.45, 7) is 0.465. The highest BCUT2D eigenvalue weighted by Crippen LogP contribution is 2.25. The number of urea groups is 1. The zero-order chi connectivity index (χ0) is 19.8. The Morgan fingerprint density at radius 1 is 1.00 bits per heavy atom. The van der Waals surface area contributed by atoms with Gasteiger partial charge in [-0.15, -0.1) is 10.2 Å². The van der Waals surface area contributed by atoms with Gasteiger partial charge in [-0.3, -0.25) is 10.1 Å². The number of nitrogens with one attached hydrogen (secondary N) is 3. The molecule has 0 atom stereocenters. The summed E-state index contributed by atoms with van der Waals surface area (Å²) >= 11 is 2.40. The van der Waals surface area contributed by atoms with Crippen LogP contribution in [0.4, 0.5) is 20.0 Å². The third kappa shape index (κ3) is 6.32. The number of amides is 3. The van der Waals surface area contributed by atoms with Gasteiger partial charge in [0.1, 0.15) is 5.82 Å². The van der Waals surface area contributed by atoms with Crippen LogP contribution in [0.3, 0.4) is 0 Å². The number of hydrogen-bond donors (Lipinski definition) is 3. The largest absolute Gasteiger partial charge is 0.351 e. The first-order chi connectivity index (χ1) is 13.6. The van der Waals surface area contributed by atoms with E-state index in [9.17, 15) is 14.0 Å². The molecule has 144 valence electrons. The average Bonchev–Trinajstić information content (AvgIpc) is 3.14. The van der Waals surface area contributed by atoms with Gasteiger partial charge in [0.25, 0.3) is 0 Å². The fourth-order valence-electron chi connectivity index (χ4n) is 2.09. The van der Waals surface area contributed by atoms with E-state index in [1.165, 1.54) is 36.0 Å². The highest BCUT2D eigenvalue weighted by Gasteiger charge is 2.11. The Balaban J connectivity index is 1.41. The molecule has 28 heavy (non-hydrogen) atoms. The standard InChI is InChI=1S/C18H16FN5O2S2/c19-13-6-8-14(9-7-13)21-16(26)22-17-23-24-18(28-17)27-11-15(25)20-10-12-4-2-1-3-5-12/h1-9H,10-11H2,(H,20,25)(H2,21,22,23,26). The van der Waals surface area contributed by atoms with E-state index in [0.29, 0.717) is 21.7 Å². The molecule has 0 aliphatic rings. The molecule has 0 saturated carbocycles. The molecule has 0 aliphatic heterocycles.